The van der Waals surface area contributed by atoms with Gasteiger partial charge in [0.15, 0.2) is 0 Å². The van der Waals surface area contributed by atoms with Gasteiger partial charge in [0, 0.05) is 38.9 Å². The molecule has 0 aliphatic rings. The minimum Gasteiger partial charge on any atom is -0.373 e. The molecule has 5 nitrogen and oxygen atoms in total. The van der Waals surface area contributed by atoms with Crippen molar-refractivity contribution in [3.63, 3.8) is 0 Å². The number of fused-ring (bicyclic) bond motifs is 1. The van der Waals surface area contributed by atoms with Crippen LogP contribution in [-0.4, -0.2) is 35.7 Å². The lowest BCUT2D eigenvalue weighted by atomic mass is 10.2. The Kier molecular flexibility index (Phi) is 3.31. The van der Waals surface area contributed by atoms with Crippen molar-refractivity contribution < 1.29 is 0 Å². The van der Waals surface area contributed by atoms with Crippen LogP contribution in [0.15, 0.2) is 24.5 Å². The van der Waals surface area contributed by atoms with E-state index in [1.807, 2.05) is 25.0 Å². The van der Waals surface area contributed by atoms with Gasteiger partial charge in [-0.15, -0.1) is 0 Å². The molecule has 1 aromatic heterocycles. The summed E-state index contributed by atoms with van der Waals surface area (Å²) >= 11 is 0. The molecule has 0 aliphatic heterocycles. The van der Waals surface area contributed by atoms with Gasteiger partial charge >= 0.3 is 0 Å². The summed E-state index contributed by atoms with van der Waals surface area (Å²) in [7, 11) is 4.00. The lowest BCUT2D eigenvalue weighted by molar-refractivity contribution is 0.668. The second-order valence-electron chi connectivity index (χ2n) is 4.40. The molecule has 0 spiro atoms. The number of nitrogens with two attached hydrogens (primary N) is 2. The number of nitrogens with zero attached hydrogens (tertiary/aromatic N) is 3. The maximum Gasteiger partial charge on any atom is 0.0955 e. The van der Waals surface area contributed by atoms with Crippen LogP contribution in [0.5, 0.6) is 0 Å². The smallest absolute Gasteiger partial charge is 0.0955 e. The van der Waals surface area contributed by atoms with Gasteiger partial charge in [0.05, 0.1) is 17.4 Å². The van der Waals surface area contributed by atoms with E-state index in [0.717, 1.165) is 23.3 Å². The molecule has 4 N–H and O–H groups in total. The van der Waals surface area contributed by atoms with Crippen LogP contribution in [0.1, 0.15) is 0 Å². The molecule has 17 heavy (non-hydrogen) atoms. The summed E-state index contributed by atoms with van der Waals surface area (Å²) in [5.74, 6) is 0. The van der Waals surface area contributed by atoms with E-state index in [4.69, 9.17) is 11.5 Å². The van der Waals surface area contributed by atoms with Gasteiger partial charge in [0.2, 0.25) is 0 Å². The van der Waals surface area contributed by atoms with Crippen molar-refractivity contribution in [3.05, 3.63) is 24.5 Å². The first-order chi connectivity index (χ1) is 8.11. The molecule has 2 rings (SSSR count). The van der Waals surface area contributed by atoms with Crippen LogP contribution in [0.2, 0.25) is 0 Å². The first kappa shape index (κ1) is 11.9. The largest absolute Gasteiger partial charge is 0.373 e. The monoisotopic (exact) mass is 233 g/mol. The van der Waals surface area contributed by atoms with E-state index in [1.54, 1.807) is 0 Å². The molecule has 92 valence electrons. The van der Waals surface area contributed by atoms with Gasteiger partial charge in [-0.1, -0.05) is 0 Å². The van der Waals surface area contributed by atoms with E-state index in [9.17, 15) is 0 Å². The molecule has 1 heterocycles. The number of hydrogen-bond donors (Lipinski definition) is 2. The van der Waals surface area contributed by atoms with Crippen LogP contribution < -0.4 is 16.4 Å². The first-order valence-electron chi connectivity index (χ1n) is 5.69. The highest BCUT2D eigenvalue weighted by Gasteiger charge is 2.08. The van der Waals surface area contributed by atoms with Crippen molar-refractivity contribution in [1.82, 2.24) is 9.55 Å². The molecule has 0 amide bonds. The summed E-state index contributed by atoms with van der Waals surface area (Å²) in [5.41, 5.74) is 14.6. The Bertz CT molecular complexity index is 505. The topological polar surface area (TPSA) is 73.1 Å². The molecule has 1 atom stereocenters. The van der Waals surface area contributed by atoms with Crippen LogP contribution in [0, 0.1) is 0 Å². The predicted molar refractivity (Wildman–Crippen MR) is 71.0 cm³/mol. The van der Waals surface area contributed by atoms with Crippen LogP contribution in [-0.2, 0) is 7.05 Å². The average molecular weight is 233 g/mol. The van der Waals surface area contributed by atoms with Gasteiger partial charge in [-0.05, 0) is 18.2 Å². The summed E-state index contributed by atoms with van der Waals surface area (Å²) in [6, 6.07) is 6.22. The third-order valence-electron chi connectivity index (χ3n) is 2.96. The molecule has 2 aromatic rings. The van der Waals surface area contributed by atoms with Gasteiger partial charge in [-0.3, -0.25) is 0 Å². The molecular weight excluding hydrogens is 214 g/mol. The summed E-state index contributed by atoms with van der Waals surface area (Å²) in [4.78, 5) is 6.44. The quantitative estimate of drug-likeness (QED) is 0.796. The molecule has 0 fully saturated rings. The second kappa shape index (κ2) is 4.73. The van der Waals surface area contributed by atoms with Crippen LogP contribution in [0.25, 0.3) is 11.0 Å². The zero-order valence-electron chi connectivity index (χ0n) is 10.3. The van der Waals surface area contributed by atoms with E-state index < -0.39 is 0 Å². The molecule has 0 bridgehead atoms. The number of aromatic nitrogens is 2. The Morgan fingerprint density at radius 2 is 2.24 bits per heavy atom. The number of rotatable bonds is 4. The lowest BCUT2D eigenvalue weighted by Crippen LogP contribution is -2.40. The van der Waals surface area contributed by atoms with Crippen molar-refractivity contribution in [2.24, 2.45) is 18.5 Å². The van der Waals surface area contributed by atoms with Crippen molar-refractivity contribution in [2.45, 2.75) is 6.04 Å². The van der Waals surface area contributed by atoms with Gasteiger partial charge < -0.3 is 20.9 Å². The number of anilines is 1. The Morgan fingerprint density at radius 1 is 1.47 bits per heavy atom. The zero-order valence-corrected chi connectivity index (χ0v) is 10.3. The fourth-order valence-electron chi connectivity index (χ4n) is 1.89. The van der Waals surface area contributed by atoms with Crippen LogP contribution >= 0.6 is 0 Å². The van der Waals surface area contributed by atoms with Gasteiger partial charge in [0.25, 0.3) is 0 Å². The highest BCUT2D eigenvalue weighted by molar-refractivity contribution is 5.79. The van der Waals surface area contributed by atoms with Crippen molar-refractivity contribution in [1.29, 1.82) is 0 Å². The lowest BCUT2D eigenvalue weighted by Gasteiger charge is -2.22. The summed E-state index contributed by atoms with van der Waals surface area (Å²) in [6.07, 6.45) is 1.82. The third-order valence-corrected chi connectivity index (χ3v) is 2.96. The SMILES string of the molecule is CN(CC(N)CN)c1ccc2c(c1)ncn2C. The van der Waals surface area contributed by atoms with E-state index in [2.05, 4.69) is 28.1 Å². The molecule has 0 saturated carbocycles. The molecule has 5 heteroatoms. The van der Waals surface area contributed by atoms with Crippen LogP contribution in [0.4, 0.5) is 5.69 Å². The third kappa shape index (κ3) is 2.40. The Labute approximate surface area is 101 Å². The standard InChI is InChI=1S/C12H19N5/c1-16(7-9(14)6-13)10-3-4-12-11(5-10)15-8-17(12)2/h3-5,8-9H,6-7,13-14H2,1-2H3. The summed E-state index contributed by atoms with van der Waals surface area (Å²) in [6.45, 7) is 1.24. The van der Waals surface area contributed by atoms with Gasteiger partial charge in [0.1, 0.15) is 0 Å². The molecule has 0 radical (unpaired) electrons. The maximum atomic E-state index is 5.84. The Hall–Kier alpha value is -1.59. The molecular formula is C12H19N5. The van der Waals surface area contributed by atoms with E-state index in [0.29, 0.717) is 6.54 Å². The zero-order chi connectivity index (χ0) is 12.4. The van der Waals surface area contributed by atoms with Crippen molar-refractivity contribution in [3.8, 4) is 0 Å². The number of hydrogen-bond acceptors (Lipinski definition) is 4. The summed E-state index contributed by atoms with van der Waals surface area (Å²) in [5, 5.41) is 0. The molecule has 0 aliphatic carbocycles. The molecule has 0 saturated heterocycles. The van der Waals surface area contributed by atoms with Crippen molar-refractivity contribution in [2.75, 3.05) is 25.0 Å². The fourth-order valence-corrected chi connectivity index (χ4v) is 1.89. The Morgan fingerprint density at radius 3 is 2.94 bits per heavy atom. The van der Waals surface area contributed by atoms with Crippen LogP contribution in [0.3, 0.4) is 0 Å². The number of benzene rings is 1. The average Bonchev–Trinajstić information content (AvgIpc) is 2.70. The number of aryl methyl sites for hydroxylation is 1. The highest BCUT2D eigenvalue weighted by atomic mass is 15.1. The highest BCUT2D eigenvalue weighted by Crippen LogP contribution is 2.19. The molecule has 1 unspecified atom stereocenters. The van der Waals surface area contributed by atoms with E-state index in [-0.39, 0.29) is 6.04 Å². The first-order valence-corrected chi connectivity index (χ1v) is 5.69. The van der Waals surface area contributed by atoms with E-state index in [1.165, 1.54) is 0 Å². The van der Waals surface area contributed by atoms with Gasteiger partial charge in [-0.25, -0.2) is 4.98 Å². The maximum absolute atomic E-state index is 5.84. The number of likely N-dealkylation sites (N-methyl/N-ethyl adjacent to an activating group) is 1. The van der Waals surface area contributed by atoms with Gasteiger partial charge in [-0.2, -0.15) is 0 Å². The fraction of sp³-hybridized carbons (Fsp3) is 0.417. The normalized spacial score (nSPS) is 12.9. The summed E-state index contributed by atoms with van der Waals surface area (Å²) < 4.78 is 2.00. The van der Waals surface area contributed by atoms with E-state index >= 15 is 0 Å². The predicted octanol–water partition coefficient (Wildman–Crippen LogP) is 0.296. The minimum absolute atomic E-state index is 0.000528. The second-order valence-corrected chi connectivity index (χ2v) is 4.40. The minimum atomic E-state index is -0.000528. The number of imidazole rings is 1. The Balaban J connectivity index is 2.24. The molecule has 1 aromatic carbocycles. The van der Waals surface area contributed by atoms with Crippen molar-refractivity contribution >= 4 is 16.7 Å².